The van der Waals surface area contributed by atoms with E-state index >= 15 is 0 Å². The van der Waals surface area contributed by atoms with Crippen LogP contribution in [0.2, 0.25) is 0 Å². The van der Waals surface area contributed by atoms with E-state index in [1.165, 1.54) is 0 Å². The third kappa shape index (κ3) is 3.64. The number of nitrogens with zero attached hydrogens (tertiary/aromatic N) is 1. The second-order valence-electron chi connectivity index (χ2n) is 4.65. The molecule has 0 aliphatic heterocycles. The molecule has 0 radical (unpaired) electrons. The Hall–Kier alpha value is -2.22. The van der Waals surface area contributed by atoms with Crippen LogP contribution in [0.25, 0.3) is 0 Å². The topological polar surface area (TPSA) is 29.4 Å². The standard InChI is InChI=1S/C18H19NO/c1-2-3-14-19-17(15-10-6-4-7-11-15)18(20)16-12-8-5-9-13-16/h4-13H,2-3,14H2,1H3. The van der Waals surface area contributed by atoms with Gasteiger partial charge in [0, 0.05) is 17.7 Å². The Labute approximate surface area is 120 Å². The highest BCUT2D eigenvalue weighted by Gasteiger charge is 2.15. The van der Waals surface area contributed by atoms with Crippen LogP contribution in [0.5, 0.6) is 0 Å². The number of unbranched alkanes of at least 4 members (excludes halogenated alkanes) is 1. The van der Waals surface area contributed by atoms with Gasteiger partial charge in [0.05, 0.1) is 0 Å². The molecule has 20 heavy (non-hydrogen) atoms. The van der Waals surface area contributed by atoms with Crippen molar-refractivity contribution in [2.75, 3.05) is 6.54 Å². The number of hydrogen-bond acceptors (Lipinski definition) is 2. The molecule has 0 heterocycles. The van der Waals surface area contributed by atoms with Gasteiger partial charge in [-0.05, 0) is 6.42 Å². The quantitative estimate of drug-likeness (QED) is 0.438. The molecule has 0 N–H and O–H groups in total. The predicted octanol–water partition coefficient (Wildman–Crippen LogP) is 4.16. The third-order valence-electron chi connectivity index (χ3n) is 3.08. The van der Waals surface area contributed by atoms with Crippen LogP contribution in [0.4, 0.5) is 0 Å². The zero-order valence-corrected chi connectivity index (χ0v) is 11.8. The Morgan fingerprint density at radius 2 is 1.45 bits per heavy atom. The van der Waals surface area contributed by atoms with Gasteiger partial charge in [0.2, 0.25) is 5.78 Å². The molecule has 0 fully saturated rings. The highest BCUT2D eigenvalue weighted by molar-refractivity contribution is 6.51. The lowest BCUT2D eigenvalue weighted by atomic mass is 10.0. The molecule has 0 amide bonds. The molecule has 102 valence electrons. The monoisotopic (exact) mass is 265 g/mol. The lowest BCUT2D eigenvalue weighted by molar-refractivity contribution is 0.106. The zero-order valence-electron chi connectivity index (χ0n) is 11.8. The van der Waals surface area contributed by atoms with Crippen LogP contribution in [0.1, 0.15) is 35.7 Å². The fourth-order valence-electron chi connectivity index (χ4n) is 1.97. The van der Waals surface area contributed by atoms with Crippen LogP contribution in [0.15, 0.2) is 65.7 Å². The molecule has 0 saturated heterocycles. The van der Waals surface area contributed by atoms with E-state index in [0.29, 0.717) is 17.8 Å². The minimum atomic E-state index is -0.00657. The average Bonchev–Trinajstić information content (AvgIpc) is 2.53. The molecule has 0 aliphatic carbocycles. The van der Waals surface area contributed by atoms with Crippen LogP contribution in [0, 0.1) is 0 Å². The molecular formula is C18H19NO. The fourth-order valence-corrected chi connectivity index (χ4v) is 1.97. The van der Waals surface area contributed by atoms with Gasteiger partial charge in [-0.3, -0.25) is 9.79 Å². The molecule has 2 rings (SSSR count). The summed E-state index contributed by atoms with van der Waals surface area (Å²) in [6, 6.07) is 19.0. The highest BCUT2D eigenvalue weighted by Crippen LogP contribution is 2.09. The maximum absolute atomic E-state index is 12.6. The van der Waals surface area contributed by atoms with Crippen LogP contribution in [0.3, 0.4) is 0 Å². The molecule has 0 saturated carbocycles. The second kappa shape index (κ2) is 7.39. The van der Waals surface area contributed by atoms with Gasteiger partial charge in [-0.2, -0.15) is 0 Å². The predicted molar refractivity (Wildman–Crippen MR) is 83.5 cm³/mol. The summed E-state index contributed by atoms with van der Waals surface area (Å²) in [6.45, 7) is 2.82. The Kier molecular flexibility index (Phi) is 5.24. The molecule has 0 aromatic heterocycles. The van der Waals surface area contributed by atoms with E-state index < -0.39 is 0 Å². The minimum absolute atomic E-state index is 0.00657. The summed E-state index contributed by atoms with van der Waals surface area (Å²) in [4.78, 5) is 17.1. The molecular weight excluding hydrogens is 246 g/mol. The summed E-state index contributed by atoms with van der Waals surface area (Å²) in [5.41, 5.74) is 2.13. The van der Waals surface area contributed by atoms with Crippen molar-refractivity contribution in [3.63, 3.8) is 0 Å². The van der Waals surface area contributed by atoms with Gasteiger partial charge >= 0.3 is 0 Å². The molecule has 2 heteroatoms. The maximum Gasteiger partial charge on any atom is 0.211 e. The van der Waals surface area contributed by atoms with Crippen molar-refractivity contribution >= 4 is 11.5 Å². The Balaban J connectivity index is 2.32. The first-order valence-electron chi connectivity index (χ1n) is 7.02. The van der Waals surface area contributed by atoms with Gasteiger partial charge in [-0.1, -0.05) is 74.0 Å². The van der Waals surface area contributed by atoms with Crippen molar-refractivity contribution in [2.45, 2.75) is 19.8 Å². The number of rotatable bonds is 6. The molecule has 0 spiro atoms. The van der Waals surface area contributed by atoms with E-state index in [1.807, 2.05) is 60.7 Å². The highest BCUT2D eigenvalue weighted by atomic mass is 16.1. The molecule has 2 nitrogen and oxygen atoms in total. The first kappa shape index (κ1) is 14.2. The Bertz CT molecular complexity index is 573. The number of carbonyl (C=O) groups excluding carboxylic acids is 1. The van der Waals surface area contributed by atoms with Gasteiger partial charge in [0.1, 0.15) is 5.71 Å². The molecule has 0 atom stereocenters. The summed E-state index contributed by atoms with van der Waals surface area (Å²) < 4.78 is 0. The van der Waals surface area contributed by atoms with E-state index in [1.54, 1.807) is 0 Å². The number of benzene rings is 2. The fraction of sp³-hybridized carbons (Fsp3) is 0.222. The van der Waals surface area contributed by atoms with E-state index in [9.17, 15) is 4.79 Å². The summed E-state index contributed by atoms with van der Waals surface area (Å²) in [7, 11) is 0. The normalized spacial score (nSPS) is 11.3. The van der Waals surface area contributed by atoms with E-state index in [-0.39, 0.29) is 5.78 Å². The third-order valence-corrected chi connectivity index (χ3v) is 3.08. The molecule has 2 aromatic carbocycles. The van der Waals surface area contributed by atoms with Crippen LogP contribution >= 0.6 is 0 Å². The lowest BCUT2D eigenvalue weighted by Gasteiger charge is -2.06. The lowest BCUT2D eigenvalue weighted by Crippen LogP contribution is -2.16. The first-order valence-corrected chi connectivity index (χ1v) is 7.02. The average molecular weight is 265 g/mol. The van der Waals surface area contributed by atoms with Gasteiger partial charge in [-0.25, -0.2) is 0 Å². The van der Waals surface area contributed by atoms with Crippen molar-refractivity contribution in [1.29, 1.82) is 0 Å². The van der Waals surface area contributed by atoms with Crippen molar-refractivity contribution in [1.82, 2.24) is 0 Å². The zero-order chi connectivity index (χ0) is 14.2. The van der Waals surface area contributed by atoms with E-state index in [2.05, 4.69) is 11.9 Å². The number of Topliss-reactive ketones (excluding diaryl/α,β-unsaturated/α-hetero) is 1. The van der Waals surface area contributed by atoms with Crippen molar-refractivity contribution < 1.29 is 4.79 Å². The second-order valence-corrected chi connectivity index (χ2v) is 4.65. The number of hydrogen-bond donors (Lipinski definition) is 0. The van der Waals surface area contributed by atoms with Crippen LogP contribution in [-0.4, -0.2) is 18.0 Å². The Morgan fingerprint density at radius 3 is 2.00 bits per heavy atom. The summed E-state index contributed by atoms with van der Waals surface area (Å²) in [5.74, 6) is -0.00657. The Morgan fingerprint density at radius 1 is 0.900 bits per heavy atom. The summed E-state index contributed by atoms with van der Waals surface area (Å²) in [6.07, 6.45) is 2.07. The molecule has 2 aromatic rings. The maximum atomic E-state index is 12.6. The molecule has 0 aliphatic rings. The number of aliphatic imine (C=N–C) groups is 1. The molecule has 0 unspecified atom stereocenters. The SMILES string of the molecule is CCCCN=C(C(=O)c1ccccc1)c1ccccc1. The van der Waals surface area contributed by atoms with Crippen molar-refractivity contribution in [2.24, 2.45) is 4.99 Å². The van der Waals surface area contributed by atoms with Crippen LogP contribution in [-0.2, 0) is 0 Å². The largest absolute Gasteiger partial charge is 0.287 e. The first-order chi connectivity index (χ1) is 9.83. The summed E-state index contributed by atoms with van der Waals surface area (Å²) in [5, 5.41) is 0. The van der Waals surface area contributed by atoms with Gasteiger partial charge < -0.3 is 0 Å². The van der Waals surface area contributed by atoms with Gasteiger partial charge in [0.15, 0.2) is 0 Å². The smallest absolute Gasteiger partial charge is 0.211 e. The number of ketones is 1. The van der Waals surface area contributed by atoms with Crippen molar-refractivity contribution in [3.05, 3.63) is 71.8 Å². The number of carbonyl (C=O) groups is 1. The van der Waals surface area contributed by atoms with Gasteiger partial charge in [-0.15, -0.1) is 0 Å². The minimum Gasteiger partial charge on any atom is -0.287 e. The van der Waals surface area contributed by atoms with Gasteiger partial charge in [0.25, 0.3) is 0 Å². The van der Waals surface area contributed by atoms with Crippen molar-refractivity contribution in [3.8, 4) is 0 Å². The van der Waals surface area contributed by atoms with E-state index in [4.69, 9.17) is 0 Å². The summed E-state index contributed by atoms with van der Waals surface area (Å²) >= 11 is 0. The van der Waals surface area contributed by atoms with E-state index in [0.717, 1.165) is 18.4 Å². The molecule has 0 bridgehead atoms. The van der Waals surface area contributed by atoms with Crippen LogP contribution < -0.4 is 0 Å².